The fourth-order valence-electron chi connectivity index (χ4n) is 4.44. The van der Waals surface area contributed by atoms with Crippen LogP contribution in [0.5, 0.6) is 0 Å². The maximum Gasteiger partial charge on any atom is 0.0440 e. The highest BCUT2D eigenvalue weighted by Crippen LogP contribution is 2.50. The Hall–Kier alpha value is -2.94. The van der Waals surface area contributed by atoms with Gasteiger partial charge in [0, 0.05) is 30.4 Å². The van der Waals surface area contributed by atoms with Crippen LogP contribution in [-0.4, -0.2) is 0 Å². The lowest BCUT2D eigenvalue weighted by atomic mass is 9.92. The second kappa shape index (κ2) is 7.09. The molecule has 142 valence electrons. The maximum absolute atomic E-state index is 3.67. The van der Waals surface area contributed by atoms with Crippen LogP contribution in [0.15, 0.2) is 108 Å². The molecule has 0 fully saturated rings. The molecule has 0 radical (unpaired) electrons. The smallest absolute Gasteiger partial charge is 0.0440 e. The van der Waals surface area contributed by atoms with Crippen LogP contribution in [-0.2, 0) is 0 Å². The molecule has 0 spiro atoms. The molecule has 0 saturated heterocycles. The molecule has 0 amide bonds. The molecule has 2 heteroatoms. The van der Waals surface area contributed by atoms with Gasteiger partial charge < -0.3 is 0 Å². The summed E-state index contributed by atoms with van der Waals surface area (Å²) < 4.78 is 2.46. The fourth-order valence-corrected chi connectivity index (χ4v) is 6.22. The zero-order valence-electron chi connectivity index (χ0n) is 16.1. The van der Waals surface area contributed by atoms with Gasteiger partial charge in [0.2, 0.25) is 0 Å². The molecule has 0 aliphatic carbocycles. The fraction of sp³-hybridized carbons (Fsp3) is 0. The van der Waals surface area contributed by atoms with Crippen LogP contribution in [0.2, 0.25) is 0 Å². The summed E-state index contributed by atoms with van der Waals surface area (Å²) in [5.74, 6) is 0. The summed E-state index contributed by atoms with van der Waals surface area (Å²) in [7, 11) is 0. The Morgan fingerprint density at radius 3 is 1.87 bits per heavy atom. The van der Waals surface area contributed by atoms with Gasteiger partial charge in [-0.15, -0.1) is 11.3 Å². The van der Waals surface area contributed by atoms with Crippen LogP contribution in [0.3, 0.4) is 0 Å². The first-order valence-electron chi connectivity index (χ1n) is 9.98. The highest BCUT2D eigenvalue weighted by atomic mass is 79.9. The summed E-state index contributed by atoms with van der Waals surface area (Å²) >= 11 is 5.57. The van der Waals surface area contributed by atoms with Crippen LogP contribution >= 0.6 is 27.3 Å². The van der Waals surface area contributed by atoms with Gasteiger partial charge in [-0.05, 0) is 39.4 Å². The molecule has 1 heterocycles. The lowest BCUT2D eigenvalue weighted by molar-refractivity contribution is 1.63. The van der Waals surface area contributed by atoms with Crippen molar-refractivity contribution in [2.75, 3.05) is 0 Å². The summed E-state index contributed by atoms with van der Waals surface area (Å²) in [4.78, 5) is 1.32. The minimum Gasteiger partial charge on any atom is -0.134 e. The molecule has 0 unspecified atom stereocenters. The van der Waals surface area contributed by atoms with E-state index >= 15 is 0 Å². The van der Waals surface area contributed by atoms with Gasteiger partial charge in [0.05, 0.1) is 0 Å². The molecule has 0 saturated carbocycles. The van der Waals surface area contributed by atoms with Crippen molar-refractivity contribution in [3.63, 3.8) is 0 Å². The predicted molar refractivity (Wildman–Crippen MR) is 135 cm³/mol. The van der Waals surface area contributed by atoms with Crippen molar-refractivity contribution >= 4 is 58.9 Å². The van der Waals surface area contributed by atoms with E-state index in [1.54, 1.807) is 0 Å². The van der Waals surface area contributed by atoms with E-state index in [9.17, 15) is 0 Å². The summed E-state index contributed by atoms with van der Waals surface area (Å²) in [6, 6.07) is 37.1. The quantitative estimate of drug-likeness (QED) is 0.224. The second-order valence-corrected chi connectivity index (χ2v) is 9.41. The molecule has 6 aromatic rings. The van der Waals surface area contributed by atoms with Crippen molar-refractivity contribution in [3.05, 3.63) is 108 Å². The zero-order chi connectivity index (χ0) is 20.1. The maximum atomic E-state index is 3.67. The third-order valence-corrected chi connectivity index (χ3v) is 7.48. The average Bonchev–Trinajstić information content (AvgIpc) is 3.21. The first-order chi connectivity index (χ1) is 14.8. The van der Waals surface area contributed by atoms with Gasteiger partial charge in [0.25, 0.3) is 0 Å². The number of benzene rings is 5. The van der Waals surface area contributed by atoms with Crippen molar-refractivity contribution in [2.24, 2.45) is 0 Å². The third kappa shape index (κ3) is 2.72. The van der Waals surface area contributed by atoms with Crippen molar-refractivity contribution in [2.45, 2.75) is 0 Å². The molecule has 5 aromatic carbocycles. The Balaban J connectivity index is 1.88. The summed E-state index contributed by atoms with van der Waals surface area (Å²) in [5.41, 5.74) is 3.84. The van der Waals surface area contributed by atoms with E-state index in [0.29, 0.717) is 0 Å². The average molecular weight is 465 g/mol. The van der Waals surface area contributed by atoms with Crippen molar-refractivity contribution in [1.29, 1.82) is 0 Å². The predicted octanol–water partition coefficient (Wildman–Crippen LogP) is 9.30. The normalized spacial score (nSPS) is 11.5. The van der Waals surface area contributed by atoms with Crippen molar-refractivity contribution < 1.29 is 0 Å². The van der Waals surface area contributed by atoms with Gasteiger partial charge in [-0.1, -0.05) is 107 Å². The van der Waals surface area contributed by atoms with Gasteiger partial charge in [0.15, 0.2) is 0 Å². The van der Waals surface area contributed by atoms with Crippen molar-refractivity contribution in [3.8, 4) is 21.6 Å². The molecule has 0 aliphatic heterocycles. The van der Waals surface area contributed by atoms with Crippen molar-refractivity contribution in [1.82, 2.24) is 0 Å². The van der Waals surface area contributed by atoms with Gasteiger partial charge in [-0.2, -0.15) is 0 Å². The van der Waals surface area contributed by atoms with E-state index in [-0.39, 0.29) is 0 Å². The Labute approximate surface area is 187 Å². The first kappa shape index (κ1) is 17.9. The van der Waals surface area contributed by atoms with Crippen LogP contribution in [0.1, 0.15) is 0 Å². The van der Waals surface area contributed by atoms with E-state index in [2.05, 4.69) is 119 Å². The third-order valence-electron chi connectivity index (χ3n) is 5.72. The molecule has 6 rings (SSSR count). The summed E-state index contributed by atoms with van der Waals surface area (Å²) in [5, 5.41) is 6.64. The molecule has 0 atom stereocenters. The van der Waals surface area contributed by atoms with E-state index in [4.69, 9.17) is 0 Å². The zero-order valence-corrected chi connectivity index (χ0v) is 18.5. The summed E-state index contributed by atoms with van der Waals surface area (Å²) in [6.45, 7) is 0. The van der Waals surface area contributed by atoms with E-state index in [1.165, 1.54) is 53.2 Å². The Morgan fingerprint density at radius 2 is 1.13 bits per heavy atom. The Bertz CT molecular complexity index is 1540. The monoisotopic (exact) mass is 464 g/mol. The van der Waals surface area contributed by atoms with Crippen LogP contribution in [0, 0.1) is 0 Å². The molecule has 0 bridgehead atoms. The highest BCUT2D eigenvalue weighted by Gasteiger charge is 2.20. The standard InChI is InChI=1S/C28H17BrS/c29-20-12-8-11-19(17-20)27-25(18-9-2-1-3-10-18)26-23-15-6-4-13-21(23)22-14-5-7-16-24(22)28(26)30-27/h1-17H. The molecular weight excluding hydrogens is 448 g/mol. The number of hydrogen-bond donors (Lipinski definition) is 0. The van der Waals surface area contributed by atoms with Gasteiger partial charge in [0.1, 0.15) is 0 Å². The molecule has 0 aliphatic rings. The minimum atomic E-state index is 1.10. The Morgan fingerprint density at radius 1 is 0.533 bits per heavy atom. The number of thiophene rings is 1. The molecular formula is C28H17BrS. The molecule has 0 nitrogen and oxygen atoms in total. The number of hydrogen-bond acceptors (Lipinski definition) is 1. The number of fused-ring (bicyclic) bond motifs is 6. The first-order valence-corrected chi connectivity index (χ1v) is 11.6. The van der Waals surface area contributed by atoms with E-state index < -0.39 is 0 Å². The van der Waals surface area contributed by atoms with Crippen LogP contribution in [0.4, 0.5) is 0 Å². The minimum absolute atomic E-state index is 1.10. The molecule has 0 N–H and O–H groups in total. The number of halogens is 1. The second-order valence-electron chi connectivity index (χ2n) is 7.48. The van der Waals surface area contributed by atoms with E-state index in [1.807, 2.05) is 11.3 Å². The lowest BCUT2D eigenvalue weighted by Gasteiger charge is -2.10. The van der Waals surface area contributed by atoms with Crippen LogP contribution < -0.4 is 0 Å². The molecule has 30 heavy (non-hydrogen) atoms. The Kier molecular flexibility index (Phi) is 4.22. The van der Waals surface area contributed by atoms with Gasteiger partial charge in [-0.3, -0.25) is 0 Å². The number of rotatable bonds is 2. The van der Waals surface area contributed by atoms with E-state index in [0.717, 1.165) is 4.47 Å². The SMILES string of the molecule is Brc1cccc(-c2sc3c4ccccc4c4ccccc4c3c2-c2ccccc2)c1. The molecule has 1 aromatic heterocycles. The largest absolute Gasteiger partial charge is 0.134 e. The highest BCUT2D eigenvalue weighted by molar-refractivity contribution is 9.10. The van der Waals surface area contributed by atoms with Gasteiger partial charge >= 0.3 is 0 Å². The topological polar surface area (TPSA) is 0 Å². The van der Waals surface area contributed by atoms with Gasteiger partial charge in [-0.25, -0.2) is 0 Å². The summed E-state index contributed by atoms with van der Waals surface area (Å²) in [6.07, 6.45) is 0. The lowest BCUT2D eigenvalue weighted by Crippen LogP contribution is -1.83. The van der Waals surface area contributed by atoms with Crippen LogP contribution in [0.25, 0.3) is 53.2 Å².